The van der Waals surface area contributed by atoms with Crippen molar-refractivity contribution in [3.05, 3.63) is 24.8 Å². The topological polar surface area (TPSA) is 74.6 Å². The van der Waals surface area contributed by atoms with Crippen LogP contribution in [0.2, 0.25) is 0 Å². The molecule has 0 radical (unpaired) electrons. The maximum absolute atomic E-state index is 9.55. The molecule has 0 aliphatic rings. The first-order valence-electron chi connectivity index (χ1n) is 2.75. The largest absolute Gasteiger partial charge is 0.478 e. The Labute approximate surface area is 64.5 Å². The van der Waals surface area contributed by atoms with Crippen LogP contribution in [0.5, 0.6) is 0 Å². The molecule has 0 fully saturated rings. The highest BCUT2D eigenvalue weighted by Gasteiger charge is 1.88. The summed E-state index contributed by atoms with van der Waals surface area (Å²) >= 11 is 0. The van der Waals surface area contributed by atoms with Crippen molar-refractivity contribution < 1.29 is 19.8 Å². The molecule has 0 unspecified atom stereocenters. The fraction of sp³-hybridized carbons (Fsp3) is 0.143. The van der Waals surface area contributed by atoms with Gasteiger partial charge in [-0.3, -0.25) is 0 Å². The van der Waals surface area contributed by atoms with Crippen molar-refractivity contribution in [3.63, 3.8) is 0 Å². The molecule has 0 aliphatic heterocycles. The molecule has 0 aromatic rings. The smallest absolute Gasteiger partial charge is 0.328 e. The van der Waals surface area contributed by atoms with E-state index in [1.54, 1.807) is 6.08 Å². The van der Waals surface area contributed by atoms with Gasteiger partial charge in [-0.1, -0.05) is 6.08 Å². The molecule has 0 saturated heterocycles. The zero-order valence-electron chi connectivity index (χ0n) is 6.15. The van der Waals surface area contributed by atoms with Crippen LogP contribution in [0.3, 0.4) is 0 Å². The third-order valence-corrected chi connectivity index (χ3v) is 0.368. The normalized spacial score (nSPS) is 8.09. The van der Waals surface area contributed by atoms with Gasteiger partial charge in [0.05, 0.1) is 0 Å². The molecule has 0 aromatic carbocycles. The van der Waals surface area contributed by atoms with Gasteiger partial charge in [-0.05, 0) is 6.92 Å². The van der Waals surface area contributed by atoms with Gasteiger partial charge in [0.2, 0.25) is 0 Å². The van der Waals surface area contributed by atoms with Crippen LogP contribution in [0, 0.1) is 0 Å². The van der Waals surface area contributed by atoms with Crippen molar-refractivity contribution in [2.75, 3.05) is 0 Å². The maximum atomic E-state index is 9.55. The second kappa shape index (κ2) is 8.42. The van der Waals surface area contributed by atoms with Gasteiger partial charge in [-0.15, -0.1) is 6.58 Å². The lowest BCUT2D eigenvalue weighted by molar-refractivity contribution is -0.134. The molecule has 0 heterocycles. The fourth-order valence-electron chi connectivity index (χ4n) is 0.143. The number of hydrogen-bond acceptors (Lipinski definition) is 2. The molecule has 0 aliphatic carbocycles. The Morgan fingerprint density at radius 3 is 1.45 bits per heavy atom. The summed E-state index contributed by atoms with van der Waals surface area (Å²) in [5, 5.41) is 15.6. The Kier molecular flexibility index (Phi) is 9.29. The minimum atomic E-state index is -1.26. The summed E-state index contributed by atoms with van der Waals surface area (Å²) in [5.74, 6) is -2.51. The molecule has 0 amide bonds. The monoisotopic (exact) mass is 158 g/mol. The van der Waals surface area contributed by atoms with Crippen LogP contribution in [0.4, 0.5) is 0 Å². The first kappa shape index (κ1) is 12.1. The first-order valence-corrected chi connectivity index (χ1v) is 2.75. The van der Waals surface area contributed by atoms with Gasteiger partial charge in [0, 0.05) is 12.2 Å². The molecule has 0 aromatic heterocycles. The van der Waals surface area contributed by atoms with Gasteiger partial charge >= 0.3 is 11.9 Å². The number of allylic oxidation sites excluding steroid dienone is 1. The number of carboxylic acids is 2. The molecule has 0 saturated carbocycles. The van der Waals surface area contributed by atoms with Gasteiger partial charge in [0.25, 0.3) is 0 Å². The lowest BCUT2D eigenvalue weighted by Gasteiger charge is -1.74. The van der Waals surface area contributed by atoms with Crippen LogP contribution in [0.25, 0.3) is 0 Å². The Hall–Kier alpha value is -1.58. The Morgan fingerprint density at radius 2 is 1.36 bits per heavy atom. The van der Waals surface area contributed by atoms with Gasteiger partial charge in [0.1, 0.15) is 0 Å². The van der Waals surface area contributed by atoms with Crippen LogP contribution >= 0.6 is 0 Å². The van der Waals surface area contributed by atoms with Gasteiger partial charge < -0.3 is 10.2 Å². The minimum Gasteiger partial charge on any atom is -0.478 e. The number of hydrogen-bond donors (Lipinski definition) is 2. The van der Waals surface area contributed by atoms with Crippen LogP contribution in [-0.4, -0.2) is 22.2 Å². The Bertz CT molecular complexity index is 153. The summed E-state index contributed by atoms with van der Waals surface area (Å²) in [4.78, 5) is 19.1. The second-order valence-electron chi connectivity index (χ2n) is 1.42. The van der Waals surface area contributed by atoms with Gasteiger partial charge in [0.15, 0.2) is 0 Å². The number of carboxylic acid groups (broad SMARTS) is 2. The highest BCUT2D eigenvalue weighted by atomic mass is 16.4. The summed E-state index contributed by atoms with van der Waals surface area (Å²) in [7, 11) is 0. The van der Waals surface area contributed by atoms with Crippen molar-refractivity contribution >= 4 is 11.9 Å². The zero-order valence-corrected chi connectivity index (χ0v) is 6.15. The molecule has 11 heavy (non-hydrogen) atoms. The molecular formula is C7H10O4. The second-order valence-corrected chi connectivity index (χ2v) is 1.42. The van der Waals surface area contributed by atoms with E-state index >= 15 is 0 Å². The van der Waals surface area contributed by atoms with Crippen LogP contribution in [-0.2, 0) is 9.59 Å². The summed E-state index contributed by atoms with van der Waals surface area (Å²) in [6.45, 7) is 5.25. The zero-order chi connectivity index (χ0) is 9.28. The molecule has 4 heteroatoms. The molecule has 0 atom stereocenters. The summed E-state index contributed by atoms with van der Waals surface area (Å²) in [6, 6.07) is 0. The van der Waals surface area contributed by atoms with E-state index in [0.717, 1.165) is 0 Å². The molecule has 2 N–H and O–H groups in total. The van der Waals surface area contributed by atoms with Gasteiger partial charge in [-0.2, -0.15) is 0 Å². The highest BCUT2D eigenvalue weighted by Crippen LogP contribution is 1.70. The molecular weight excluding hydrogens is 148 g/mol. The SMILES string of the molecule is C=CC.O=C(O)/C=C\C(=O)O. The van der Waals surface area contributed by atoms with E-state index in [1.807, 2.05) is 6.92 Å². The fourth-order valence-corrected chi connectivity index (χ4v) is 0.143. The van der Waals surface area contributed by atoms with E-state index in [4.69, 9.17) is 10.2 Å². The average Bonchev–Trinajstić information content (AvgIpc) is 1.85. The maximum Gasteiger partial charge on any atom is 0.328 e. The number of carbonyl (C=O) groups is 2. The molecule has 62 valence electrons. The first-order chi connectivity index (χ1) is 5.04. The number of aliphatic carboxylic acids is 2. The van der Waals surface area contributed by atoms with E-state index in [1.165, 1.54) is 0 Å². The van der Waals surface area contributed by atoms with E-state index in [-0.39, 0.29) is 0 Å². The highest BCUT2D eigenvalue weighted by molar-refractivity contribution is 5.89. The average molecular weight is 158 g/mol. The quantitative estimate of drug-likeness (QED) is 0.462. The lowest BCUT2D eigenvalue weighted by atomic mass is 10.5. The summed E-state index contributed by atoms with van der Waals surface area (Å²) in [6.07, 6.45) is 2.87. The van der Waals surface area contributed by atoms with Crippen molar-refractivity contribution in [1.82, 2.24) is 0 Å². The predicted octanol–water partition coefficient (Wildman–Crippen LogP) is 0.904. The van der Waals surface area contributed by atoms with E-state index in [2.05, 4.69) is 6.58 Å². The van der Waals surface area contributed by atoms with Crippen LogP contribution in [0.15, 0.2) is 24.8 Å². The van der Waals surface area contributed by atoms with Crippen molar-refractivity contribution in [3.8, 4) is 0 Å². The standard InChI is InChI=1S/C4H4O4.C3H6/c5-3(6)1-2-4(7)8;1-3-2/h1-2H,(H,5,6)(H,7,8);3H,1H2,2H3/b2-1-;. The Morgan fingerprint density at radius 1 is 1.18 bits per heavy atom. The minimum absolute atomic E-state index is 0.558. The van der Waals surface area contributed by atoms with Crippen LogP contribution in [0.1, 0.15) is 6.92 Å². The van der Waals surface area contributed by atoms with Crippen LogP contribution < -0.4 is 0 Å². The van der Waals surface area contributed by atoms with E-state index < -0.39 is 11.9 Å². The molecule has 4 nitrogen and oxygen atoms in total. The number of rotatable bonds is 2. The van der Waals surface area contributed by atoms with Gasteiger partial charge in [-0.25, -0.2) is 9.59 Å². The molecule has 0 rings (SSSR count). The third-order valence-electron chi connectivity index (χ3n) is 0.368. The van der Waals surface area contributed by atoms with Crippen molar-refractivity contribution in [2.45, 2.75) is 6.92 Å². The van der Waals surface area contributed by atoms with Crippen molar-refractivity contribution in [1.29, 1.82) is 0 Å². The summed E-state index contributed by atoms with van der Waals surface area (Å²) in [5.41, 5.74) is 0. The molecule has 0 bridgehead atoms. The molecule has 0 spiro atoms. The Balaban J connectivity index is 0. The lowest BCUT2D eigenvalue weighted by Crippen LogP contribution is -1.91. The van der Waals surface area contributed by atoms with E-state index in [0.29, 0.717) is 12.2 Å². The third kappa shape index (κ3) is 29.7. The summed E-state index contributed by atoms with van der Waals surface area (Å²) < 4.78 is 0. The van der Waals surface area contributed by atoms with Crippen molar-refractivity contribution in [2.24, 2.45) is 0 Å². The van der Waals surface area contributed by atoms with E-state index in [9.17, 15) is 9.59 Å². The predicted molar refractivity (Wildman–Crippen MR) is 40.3 cm³/mol.